The van der Waals surface area contributed by atoms with E-state index in [4.69, 9.17) is 10.2 Å². The zero-order valence-corrected chi connectivity index (χ0v) is 10.4. The Morgan fingerprint density at radius 3 is 2.89 bits per heavy atom. The molecule has 0 spiro atoms. The summed E-state index contributed by atoms with van der Waals surface area (Å²) < 4.78 is 5.21. The van der Waals surface area contributed by atoms with Crippen molar-refractivity contribution in [2.24, 2.45) is 5.73 Å². The number of carbonyl (C=O) groups excluding carboxylic acids is 1. The van der Waals surface area contributed by atoms with Crippen LogP contribution in [-0.2, 0) is 11.3 Å². The lowest BCUT2D eigenvalue weighted by Crippen LogP contribution is -2.16. The second-order valence-corrected chi connectivity index (χ2v) is 3.95. The molecule has 2 heterocycles. The van der Waals surface area contributed by atoms with E-state index in [1.54, 1.807) is 18.5 Å². The summed E-state index contributed by atoms with van der Waals surface area (Å²) in [6.45, 7) is 0.919. The third kappa shape index (κ3) is 4.11. The molecule has 0 aliphatic rings. The fourth-order valence-electron chi connectivity index (χ4n) is 1.51. The SMILES string of the molecule is NCCC(=O)Nc1ccc(NCc2ccco2)cn1. The van der Waals surface area contributed by atoms with Crippen LogP contribution in [0.15, 0.2) is 41.1 Å². The van der Waals surface area contributed by atoms with Gasteiger partial charge < -0.3 is 20.8 Å². The van der Waals surface area contributed by atoms with Crippen LogP contribution in [0.3, 0.4) is 0 Å². The summed E-state index contributed by atoms with van der Waals surface area (Å²) in [5, 5.41) is 5.83. The van der Waals surface area contributed by atoms with E-state index in [1.807, 2.05) is 18.2 Å². The van der Waals surface area contributed by atoms with Crippen molar-refractivity contribution in [3.8, 4) is 0 Å². The van der Waals surface area contributed by atoms with Crippen LogP contribution in [0.1, 0.15) is 12.2 Å². The highest BCUT2D eigenvalue weighted by atomic mass is 16.3. The van der Waals surface area contributed by atoms with Crippen LogP contribution in [0.5, 0.6) is 0 Å². The number of anilines is 2. The van der Waals surface area contributed by atoms with E-state index < -0.39 is 0 Å². The Morgan fingerprint density at radius 1 is 1.37 bits per heavy atom. The summed E-state index contributed by atoms with van der Waals surface area (Å²) >= 11 is 0. The van der Waals surface area contributed by atoms with Gasteiger partial charge in [0.2, 0.25) is 5.91 Å². The van der Waals surface area contributed by atoms with Crippen molar-refractivity contribution in [3.05, 3.63) is 42.5 Å². The molecular weight excluding hydrogens is 244 g/mol. The number of hydrogen-bond donors (Lipinski definition) is 3. The van der Waals surface area contributed by atoms with Crippen molar-refractivity contribution in [1.29, 1.82) is 0 Å². The third-order valence-electron chi connectivity index (χ3n) is 2.45. The summed E-state index contributed by atoms with van der Waals surface area (Å²) in [5.41, 5.74) is 6.15. The van der Waals surface area contributed by atoms with E-state index in [9.17, 15) is 4.79 Å². The predicted molar refractivity (Wildman–Crippen MR) is 72.6 cm³/mol. The van der Waals surface area contributed by atoms with E-state index in [1.165, 1.54) is 0 Å². The lowest BCUT2D eigenvalue weighted by Gasteiger charge is -2.06. The fourth-order valence-corrected chi connectivity index (χ4v) is 1.51. The van der Waals surface area contributed by atoms with Gasteiger partial charge >= 0.3 is 0 Å². The molecule has 2 rings (SSSR count). The Morgan fingerprint density at radius 2 is 2.26 bits per heavy atom. The third-order valence-corrected chi connectivity index (χ3v) is 2.45. The van der Waals surface area contributed by atoms with Gasteiger partial charge in [0.25, 0.3) is 0 Å². The van der Waals surface area contributed by atoms with Crippen LogP contribution in [0.25, 0.3) is 0 Å². The molecule has 0 aliphatic heterocycles. The molecule has 0 aromatic carbocycles. The minimum atomic E-state index is -0.133. The molecule has 2 aromatic heterocycles. The number of nitrogens with zero attached hydrogens (tertiary/aromatic N) is 1. The summed E-state index contributed by atoms with van der Waals surface area (Å²) in [5.74, 6) is 1.23. The van der Waals surface area contributed by atoms with Crippen molar-refractivity contribution in [2.75, 3.05) is 17.2 Å². The molecule has 0 fully saturated rings. The van der Waals surface area contributed by atoms with Crippen LogP contribution < -0.4 is 16.4 Å². The quantitative estimate of drug-likeness (QED) is 0.733. The predicted octanol–water partition coefficient (Wildman–Crippen LogP) is 1.57. The number of nitrogens with one attached hydrogen (secondary N) is 2. The fraction of sp³-hybridized carbons (Fsp3) is 0.231. The Bertz CT molecular complexity index is 508. The molecule has 0 radical (unpaired) electrons. The summed E-state index contributed by atoms with van der Waals surface area (Å²) in [7, 11) is 0. The highest BCUT2D eigenvalue weighted by molar-refractivity contribution is 5.89. The van der Waals surface area contributed by atoms with E-state index in [0.29, 0.717) is 25.3 Å². The van der Waals surface area contributed by atoms with Gasteiger partial charge in [-0.15, -0.1) is 0 Å². The van der Waals surface area contributed by atoms with Crippen molar-refractivity contribution < 1.29 is 9.21 Å². The maximum absolute atomic E-state index is 11.3. The molecule has 100 valence electrons. The second-order valence-electron chi connectivity index (χ2n) is 3.95. The Hall–Kier alpha value is -2.34. The largest absolute Gasteiger partial charge is 0.467 e. The summed E-state index contributed by atoms with van der Waals surface area (Å²) in [6, 6.07) is 7.31. The monoisotopic (exact) mass is 260 g/mol. The molecule has 0 saturated carbocycles. The normalized spacial score (nSPS) is 10.2. The highest BCUT2D eigenvalue weighted by Gasteiger charge is 2.02. The number of rotatable bonds is 6. The number of carbonyl (C=O) groups is 1. The van der Waals surface area contributed by atoms with Gasteiger partial charge in [0.05, 0.1) is 24.7 Å². The van der Waals surface area contributed by atoms with Crippen molar-refractivity contribution in [3.63, 3.8) is 0 Å². The van der Waals surface area contributed by atoms with E-state index in [0.717, 1.165) is 11.4 Å². The molecule has 6 nitrogen and oxygen atoms in total. The Balaban J connectivity index is 1.85. The van der Waals surface area contributed by atoms with Gasteiger partial charge in [0.15, 0.2) is 0 Å². The van der Waals surface area contributed by atoms with Crippen LogP contribution in [0, 0.1) is 0 Å². The molecule has 0 saturated heterocycles. The zero-order valence-electron chi connectivity index (χ0n) is 10.4. The number of amides is 1. The van der Waals surface area contributed by atoms with Gasteiger partial charge in [0, 0.05) is 13.0 Å². The molecule has 4 N–H and O–H groups in total. The number of hydrogen-bond acceptors (Lipinski definition) is 5. The van der Waals surface area contributed by atoms with Gasteiger partial charge in [0.1, 0.15) is 11.6 Å². The molecule has 1 amide bonds. The number of aromatic nitrogens is 1. The molecule has 19 heavy (non-hydrogen) atoms. The first-order valence-corrected chi connectivity index (χ1v) is 6.00. The summed E-state index contributed by atoms with van der Waals surface area (Å²) in [4.78, 5) is 15.5. The van der Waals surface area contributed by atoms with Gasteiger partial charge in [-0.25, -0.2) is 4.98 Å². The van der Waals surface area contributed by atoms with Crippen LogP contribution >= 0.6 is 0 Å². The summed E-state index contributed by atoms with van der Waals surface area (Å²) in [6.07, 6.45) is 3.58. The van der Waals surface area contributed by atoms with Crippen molar-refractivity contribution in [1.82, 2.24) is 4.98 Å². The first kappa shape index (κ1) is 13.1. The highest BCUT2D eigenvalue weighted by Crippen LogP contribution is 2.11. The Labute approximate surface area is 111 Å². The van der Waals surface area contributed by atoms with Crippen LogP contribution in [-0.4, -0.2) is 17.4 Å². The number of furan rings is 1. The smallest absolute Gasteiger partial charge is 0.226 e. The van der Waals surface area contributed by atoms with Crippen molar-refractivity contribution >= 4 is 17.4 Å². The minimum Gasteiger partial charge on any atom is -0.467 e. The average Bonchev–Trinajstić information content (AvgIpc) is 2.91. The standard InChI is InChI=1S/C13H16N4O2/c14-6-5-13(18)17-12-4-3-10(8-16-12)15-9-11-2-1-7-19-11/h1-4,7-8,15H,5-6,9,14H2,(H,16,17,18). The molecule has 6 heteroatoms. The van der Waals surface area contributed by atoms with E-state index in [2.05, 4.69) is 15.6 Å². The first-order valence-electron chi connectivity index (χ1n) is 6.00. The average molecular weight is 260 g/mol. The molecular formula is C13H16N4O2. The van der Waals surface area contributed by atoms with Gasteiger partial charge in [-0.1, -0.05) is 0 Å². The Kier molecular flexibility index (Phi) is 4.52. The molecule has 0 atom stereocenters. The first-order chi connectivity index (χ1) is 9.28. The molecule has 0 bridgehead atoms. The lowest BCUT2D eigenvalue weighted by molar-refractivity contribution is -0.116. The van der Waals surface area contributed by atoms with E-state index >= 15 is 0 Å². The van der Waals surface area contributed by atoms with Gasteiger partial charge in [-0.05, 0) is 24.3 Å². The second kappa shape index (κ2) is 6.55. The topological polar surface area (TPSA) is 93.2 Å². The van der Waals surface area contributed by atoms with E-state index in [-0.39, 0.29) is 5.91 Å². The van der Waals surface area contributed by atoms with Crippen molar-refractivity contribution in [2.45, 2.75) is 13.0 Å². The molecule has 0 unspecified atom stereocenters. The maximum atomic E-state index is 11.3. The number of pyridine rings is 1. The number of nitrogens with two attached hydrogens (primary N) is 1. The maximum Gasteiger partial charge on any atom is 0.226 e. The molecule has 2 aromatic rings. The van der Waals surface area contributed by atoms with Crippen LogP contribution in [0.2, 0.25) is 0 Å². The zero-order chi connectivity index (χ0) is 13.5. The molecule has 0 aliphatic carbocycles. The lowest BCUT2D eigenvalue weighted by atomic mass is 10.3. The minimum absolute atomic E-state index is 0.133. The van der Waals surface area contributed by atoms with Crippen LogP contribution in [0.4, 0.5) is 11.5 Å². The van der Waals surface area contributed by atoms with Gasteiger partial charge in [-0.3, -0.25) is 4.79 Å². The van der Waals surface area contributed by atoms with Gasteiger partial charge in [-0.2, -0.15) is 0 Å².